The molecule has 0 aliphatic carbocycles. The van der Waals surface area contributed by atoms with Crippen molar-refractivity contribution in [3.05, 3.63) is 0 Å². The molecule has 0 bridgehead atoms. The Bertz CT molecular complexity index is 207. The van der Waals surface area contributed by atoms with Crippen LogP contribution in [0.15, 0.2) is 0 Å². The van der Waals surface area contributed by atoms with Crippen LogP contribution in [0, 0.1) is 5.92 Å². The van der Waals surface area contributed by atoms with Gasteiger partial charge in [0, 0.05) is 13.1 Å². The molecule has 88 valence electrons. The number of hydrogen-bond acceptors (Lipinski definition) is 3. The molecule has 2 N–H and O–H groups in total. The summed E-state index contributed by atoms with van der Waals surface area (Å²) in [4.78, 5) is 13.4. The molecule has 4 heteroatoms. The van der Waals surface area contributed by atoms with Crippen LogP contribution in [0.1, 0.15) is 26.2 Å². The Labute approximate surface area is 91.6 Å². The highest BCUT2D eigenvalue weighted by Crippen LogP contribution is 2.17. The molecule has 0 aromatic carbocycles. The van der Waals surface area contributed by atoms with Gasteiger partial charge in [-0.3, -0.25) is 4.79 Å². The Morgan fingerprint density at radius 2 is 2.40 bits per heavy atom. The predicted octanol–water partition coefficient (Wildman–Crippen LogP) is 0.215. The zero-order valence-electron chi connectivity index (χ0n) is 9.70. The second kappa shape index (κ2) is 6.08. The summed E-state index contributed by atoms with van der Waals surface area (Å²) in [5.74, 6) is 0.428. The fourth-order valence-corrected chi connectivity index (χ4v) is 2.06. The van der Waals surface area contributed by atoms with Gasteiger partial charge in [-0.25, -0.2) is 0 Å². The molecule has 0 aromatic rings. The van der Waals surface area contributed by atoms with Gasteiger partial charge in [0.2, 0.25) is 5.91 Å². The van der Waals surface area contributed by atoms with Gasteiger partial charge in [0.25, 0.3) is 0 Å². The fraction of sp³-hybridized carbons (Fsp3) is 0.909. The molecule has 4 nitrogen and oxygen atoms in total. The summed E-state index contributed by atoms with van der Waals surface area (Å²) in [6.07, 6.45) is 2.64. The van der Waals surface area contributed by atoms with E-state index in [0.29, 0.717) is 12.5 Å². The number of amides is 1. The van der Waals surface area contributed by atoms with Crippen molar-refractivity contribution in [3.63, 3.8) is 0 Å². The monoisotopic (exact) mass is 214 g/mol. The van der Waals surface area contributed by atoms with Crippen molar-refractivity contribution in [1.82, 2.24) is 10.2 Å². The van der Waals surface area contributed by atoms with Gasteiger partial charge in [0.15, 0.2) is 0 Å². The molecule has 1 aliphatic heterocycles. The number of nitrogens with zero attached hydrogens (tertiary/aromatic N) is 1. The van der Waals surface area contributed by atoms with Crippen LogP contribution in [-0.4, -0.2) is 48.7 Å². The standard InChI is InChI=1S/C11H22N2O2/c1-9(14)11(15)12-6-5-10-4-3-7-13(2)8-10/h9-10,14H,3-8H2,1-2H3,(H,12,15). The lowest BCUT2D eigenvalue weighted by molar-refractivity contribution is -0.128. The minimum absolute atomic E-state index is 0.265. The molecule has 0 spiro atoms. The molecule has 15 heavy (non-hydrogen) atoms. The number of piperidine rings is 1. The van der Waals surface area contributed by atoms with Gasteiger partial charge in [0.05, 0.1) is 0 Å². The molecular weight excluding hydrogens is 192 g/mol. The largest absolute Gasteiger partial charge is 0.384 e. The Hall–Kier alpha value is -0.610. The molecule has 1 amide bonds. The number of aliphatic hydroxyl groups excluding tert-OH is 1. The summed E-state index contributed by atoms with van der Waals surface area (Å²) in [6, 6.07) is 0. The van der Waals surface area contributed by atoms with Gasteiger partial charge in [-0.1, -0.05) is 0 Å². The first-order valence-electron chi connectivity index (χ1n) is 5.74. The third-order valence-electron chi connectivity index (χ3n) is 2.95. The molecule has 0 saturated carbocycles. The first-order valence-corrected chi connectivity index (χ1v) is 5.74. The quantitative estimate of drug-likeness (QED) is 0.703. The maximum atomic E-state index is 11.1. The molecule has 2 unspecified atom stereocenters. The average Bonchev–Trinajstić information content (AvgIpc) is 2.17. The Balaban J connectivity index is 2.11. The molecule has 1 heterocycles. The topological polar surface area (TPSA) is 52.6 Å². The van der Waals surface area contributed by atoms with Gasteiger partial charge in [0.1, 0.15) is 6.10 Å². The van der Waals surface area contributed by atoms with E-state index in [2.05, 4.69) is 17.3 Å². The molecule has 1 fully saturated rings. The summed E-state index contributed by atoms with van der Waals surface area (Å²) in [7, 11) is 2.14. The van der Waals surface area contributed by atoms with Crippen LogP contribution < -0.4 is 5.32 Å². The van der Waals surface area contributed by atoms with Gasteiger partial charge >= 0.3 is 0 Å². The van der Waals surface area contributed by atoms with Crippen LogP contribution in [0.25, 0.3) is 0 Å². The Morgan fingerprint density at radius 1 is 1.67 bits per heavy atom. The van der Waals surface area contributed by atoms with Crippen molar-refractivity contribution in [2.24, 2.45) is 5.92 Å². The molecule has 0 radical (unpaired) electrons. The summed E-state index contributed by atoms with van der Waals surface area (Å²) in [5, 5.41) is 11.7. The number of aliphatic hydroxyl groups is 1. The van der Waals surface area contributed by atoms with Crippen molar-refractivity contribution < 1.29 is 9.90 Å². The number of carbonyl (C=O) groups excluding carboxylic acids is 1. The minimum Gasteiger partial charge on any atom is -0.384 e. The lowest BCUT2D eigenvalue weighted by Crippen LogP contribution is -2.37. The lowest BCUT2D eigenvalue weighted by Gasteiger charge is -2.29. The van der Waals surface area contributed by atoms with Gasteiger partial charge < -0.3 is 15.3 Å². The van der Waals surface area contributed by atoms with E-state index in [1.165, 1.54) is 26.3 Å². The van der Waals surface area contributed by atoms with Gasteiger partial charge in [-0.15, -0.1) is 0 Å². The number of likely N-dealkylation sites (tertiary alicyclic amines) is 1. The van der Waals surface area contributed by atoms with E-state index in [4.69, 9.17) is 5.11 Å². The number of carbonyl (C=O) groups is 1. The second-order valence-electron chi connectivity index (χ2n) is 4.53. The van der Waals surface area contributed by atoms with Crippen LogP contribution in [-0.2, 0) is 4.79 Å². The van der Waals surface area contributed by atoms with Crippen molar-refractivity contribution in [2.45, 2.75) is 32.3 Å². The number of hydrogen-bond donors (Lipinski definition) is 2. The van der Waals surface area contributed by atoms with Crippen LogP contribution >= 0.6 is 0 Å². The molecule has 0 aromatic heterocycles. The second-order valence-corrected chi connectivity index (χ2v) is 4.53. The SMILES string of the molecule is CC(O)C(=O)NCCC1CCCN(C)C1. The third-order valence-corrected chi connectivity index (χ3v) is 2.95. The van der Waals surface area contributed by atoms with Crippen LogP contribution in [0.5, 0.6) is 0 Å². The van der Waals surface area contributed by atoms with Crippen LogP contribution in [0.2, 0.25) is 0 Å². The predicted molar refractivity (Wildman–Crippen MR) is 59.5 cm³/mol. The maximum absolute atomic E-state index is 11.1. The minimum atomic E-state index is -0.890. The molecule has 1 aliphatic rings. The summed E-state index contributed by atoms with van der Waals surface area (Å²) >= 11 is 0. The van der Waals surface area contributed by atoms with Crippen molar-refractivity contribution in [3.8, 4) is 0 Å². The number of rotatable bonds is 4. The first-order chi connectivity index (χ1) is 7.09. The Morgan fingerprint density at radius 3 is 3.00 bits per heavy atom. The van der Waals surface area contributed by atoms with E-state index >= 15 is 0 Å². The average molecular weight is 214 g/mol. The molecular formula is C11H22N2O2. The molecule has 1 saturated heterocycles. The first kappa shape index (κ1) is 12.5. The molecule has 2 atom stereocenters. The van der Waals surface area contributed by atoms with Crippen LogP contribution in [0.4, 0.5) is 0 Å². The fourth-order valence-electron chi connectivity index (χ4n) is 2.06. The van der Waals surface area contributed by atoms with Crippen LogP contribution in [0.3, 0.4) is 0 Å². The van der Waals surface area contributed by atoms with Crippen molar-refractivity contribution in [2.75, 3.05) is 26.7 Å². The van der Waals surface area contributed by atoms with E-state index in [9.17, 15) is 4.79 Å². The van der Waals surface area contributed by atoms with Gasteiger partial charge in [-0.2, -0.15) is 0 Å². The smallest absolute Gasteiger partial charge is 0.248 e. The van der Waals surface area contributed by atoms with Gasteiger partial charge in [-0.05, 0) is 45.7 Å². The highest BCUT2D eigenvalue weighted by atomic mass is 16.3. The summed E-state index contributed by atoms with van der Waals surface area (Å²) < 4.78 is 0. The third kappa shape index (κ3) is 4.62. The Kier molecular flexibility index (Phi) is 5.05. The van der Waals surface area contributed by atoms with E-state index in [-0.39, 0.29) is 5.91 Å². The number of nitrogens with one attached hydrogen (secondary N) is 1. The highest BCUT2D eigenvalue weighted by Gasteiger charge is 2.17. The zero-order chi connectivity index (χ0) is 11.3. The van der Waals surface area contributed by atoms with E-state index in [1.807, 2.05) is 0 Å². The normalized spacial score (nSPS) is 24.9. The van der Waals surface area contributed by atoms with Crippen molar-refractivity contribution >= 4 is 5.91 Å². The molecule has 1 rings (SSSR count). The summed E-state index contributed by atoms with van der Waals surface area (Å²) in [6.45, 7) is 4.49. The van der Waals surface area contributed by atoms with Crippen molar-refractivity contribution in [1.29, 1.82) is 0 Å². The van der Waals surface area contributed by atoms with E-state index in [1.54, 1.807) is 0 Å². The lowest BCUT2D eigenvalue weighted by atomic mass is 9.95. The maximum Gasteiger partial charge on any atom is 0.248 e. The highest BCUT2D eigenvalue weighted by molar-refractivity contribution is 5.79. The van der Waals surface area contributed by atoms with E-state index in [0.717, 1.165) is 13.0 Å². The summed E-state index contributed by atoms with van der Waals surface area (Å²) in [5.41, 5.74) is 0. The zero-order valence-corrected chi connectivity index (χ0v) is 9.70. The van der Waals surface area contributed by atoms with E-state index < -0.39 is 6.10 Å².